The maximum Gasteiger partial charge on any atom is 0.257 e. The van der Waals surface area contributed by atoms with Gasteiger partial charge in [0.05, 0.1) is 18.8 Å². The van der Waals surface area contributed by atoms with E-state index in [-0.39, 0.29) is 11.8 Å². The van der Waals surface area contributed by atoms with Crippen LogP contribution in [-0.2, 0) is 0 Å². The first-order valence-corrected chi connectivity index (χ1v) is 7.55. The largest absolute Gasteiger partial charge is 0.497 e. The third-order valence-corrected chi connectivity index (χ3v) is 4.22. The number of hydrogen-bond acceptors (Lipinski definition) is 5. The van der Waals surface area contributed by atoms with E-state index in [2.05, 4.69) is 9.97 Å². The molecule has 120 valence electrons. The molecule has 2 heterocycles. The van der Waals surface area contributed by atoms with Gasteiger partial charge in [0.2, 0.25) is 0 Å². The minimum Gasteiger partial charge on any atom is -0.497 e. The SMILES string of the molecule is COc1ccc([C@@H]2CCN(C(=O)c3cncnc3)C[C@H]2O)cc1. The fourth-order valence-electron chi connectivity index (χ4n) is 2.95. The van der Waals surface area contributed by atoms with Crippen molar-refractivity contribution in [3.05, 3.63) is 54.1 Å². The van der Waals surface area contributed by atoms with E-state index in [1.807, 2.05) is 24.3 Å². The van der Waals surface area contributed by atoms with Gasteiger partial charge in [-0.15, -0.1) is 0 Å². The summed E-state index contributed by atoms with van der Waals surface area (Å²) in [6.45, 7) is 0.909. The molecule has 0 aliphatic carbocycles. The summed E-state index contributed by atoms with van der Waals surface area (Å²) < 4.78 is 5.15. The molecule has 1 aromatic carbocycles. The van der Waals surface area contributed by atoms with Crippen LogP contribution < -0.4 is 4.74 Å². The van der Waals surface area contributed by atoms with Crippen molar-refractivity contribution >= 4 is 5.91 Å². The van der Waals surface area contributed by atoms with Gasteiger partial charge in [0.15, 0.2) is 0 Å². The Kier molecular flexibility index (Phi) is 4.52. The molecule has 1 aliphatic rings. The summed E-state index contributed by atoms with van der Waals surface area (Å²) in [5.41, 5.74) is 1.51. The molecule has 1 saturated heterocycles. The lowest BCUT2D eigenvalue weighted by Crippen LogP contribution is -2.45. The van der Waals surface area contributed by atoms with E-state index in [9.17, 15) is 9.90 Å². The second-order valence-electron chi connectivity index (χ2n) is 5.61. The minimum atomic E-state index is -0.592. The third-order valence-electron chi connectivity index (χ3n) is 4.22. The number of β-amino-alcohol motifs (C(OH)–C–C–N with tert-alkyl or cyclic N) is 1. The molecule has 2 aromatic rings. The summed E-state index contributed by atoms with van der Waals surface area (Å²) in [5, 5.41) is 10.5. The number of carbonyl (C=O) groups excluding carboxylic acids is 1. The molecule has 0 unspecified atom stereocenters. The quantitative estimate of drug-likeness (QED) is 0.929. The number of likely N-dealkylation sites (tertiary alicyclic amines) is 1. The highest BCUT2D eigenvalue weighted by molar-refractivity contribution is 5.93. The predicted octanol–water partition coefficient (Wildman–Crippen LogP) is 1.48. The highest BCUT2D eigenvalue weighted by Gasteiger charge is 2.31. The molecule has 1 N–H and O–H groups in total. The van der Waals surface area contributed by atoms with Crippen LogP contribution in [0.3, 0.4) is 0 Å². The first-order valence-electron chi connectivity index (χ1n) is 7.55. The topological polar surface area (TPSA) is 75.5 Å². The average Bonchev–Trinajstić information content (AvgIpc) is 2.62. The van der Waals surface area contributed by atoms with E-state index in [4.69, 9.17) is 4.74 Å². The third kappa shape index (κ3) is 3.32. The zero-order valence-corrected chi connectivity index (χ0v) is 12.9. The molecule has 1 aromatic heterocycles. The summed E-state index contributed by atoms with van der Waals surface area (Å²) in [7, 11) is 1.63. The van der Waals surface area contributed by atoms with E-state index in [1.54, 1.807) is 12.0 Å². The number of hydrogen-bond donors (Lipinski definition) is 1. The molecule has 0 bridgehead atoms. The van der Waals surface area contributed by atoms with E-state index >= 15 is 0 Å². The molecule has 2 atom stereocenters. The fourth-order valence-corrected chi connectivity index (χ4v) is 2.95. The van der Waals surface area contributed by atoms with Crippen LogP contribution >= 0.6 is 0 Å². The Morgan fingerprint density at radius 2 is 1.96 bits per heavy atom. The molecule has 1 fully saturated rings. The van der Waals surface area contributed by atoms with Crippen molar-refractivity contribution in [3.8, 4) is 5.75 Å². The number of aliphatic hydroxyl groups excluding tert-OH is 1. The van der Waals surface area contributed by atoms with Crippen molar-refractivity contribution in [2.75, 3.05) is 20.2 Å². The maximum absolute atomic E-state index is 12.4. The smallest absolute Gasteiger partial charge is 0.257 e. The van der Waals surface area contributed by atoms with E-state index in [1.165, 1.54) is 18.7 Å². The van der Waals surface area contributed by atoms with Crippen LogP contribution in [0.4, 0.5) is 0 Å². The Morgan fingerprint density at radius 1 is 1.26 bits per heavy atom. The molecule has 0 spiro atoms. The van der Waals surface area contributed by atoms with Gasteiger partial charge in [-0.05, 0) is 24.1 Å². The van der Waals surface area contributed by atoms with Crippen molar-refractivity contribution in [2.45, 2.75) is 18.4 Å². The lowest BCUT2D eigenvalue weighted by atomic mass is 9.87. The fraction of sp³-hybridized carbons (Fsp3) is 0.353. The number of aromatic nitrogens is 2. The second kappa shape index (κ2) is 6.75. The standard InChI is InChI=1S/C17H19N3O3/c1-23-14-4-2-12(3-5-14)15-6-7-20(10-16(15)21)17(22)13-8-18-11-19-9-13/h2-5,8-9,11,15-16,21H,6-7,10H2,1H3/t15-,16+/m0/s1. The zero-order chi connectivity index (χ0) is 16.2. The van der Waals surface area contributed by atoms with Crippen molar-refractivity contribution < 1.29 is 14.6 Å². The van der Waals surface area contributed by atoms with Crippen LogP contribution in [0.15, 0.2) is 43.0 Å². The van der Waals surface area contributed by atoms with Gasteiger partial charge in [-0.2, -0.15) is 0 Å². The van der Waals surface area contributed by atoms with E-state index in [0.29, 0.717) is 25.1 Å². The van der Waals surface area contributed by atoms with Gasteiger partial charge in [0, 0.05) is 31.4 Å². The molecule has 23 heavy (non-hydrogen) atoms. The Balaban J connectivity index is 1.68. The van der Waals surface area contributed by atoms with Gasteiger partial charge in [-0.25, -0.2) is 9.97 Å². The number of nitrogens with zero attached hydrogens (tertiary/aromatic N) is 3. The van der Waals surface area contributed by atoms with Gasteiger partial charge in [-0.1, -0.05) is 12.1 Å². The molecule has 0 saturated carbocycles. The number of methoxy groups -OCH3 is 1. The number of ether oxygens (including phenoxy) is 1. The van der Waals surface area contributed by atoms with Gasteiger partial charge < -0.3 is 14.7 Å². The van der Waals surface area contributed by atoms with Crippen molar-refractivity contribution in [3.63, 3.8) is 0 Å². The minimum absolute atomic E-state index is 0.0250. The summed E-state index contributed by atoms with van der Waals surface area (Å²) >= 11 is 0. The first kappa shape index (κ1) is 15.4. The molecule has 3 rings (SSSR count). The molecule has 0 radical (unpaired) electrons. The van der Waals surface area contributed by atoms with Crippen LogP contribution in [-0.4, -0.2) is 52.2 Å². The number of amides is 1. The van der Waals surface area contributed by atoms with Crippen molar-refractivity contribution in [1.82, 2.24) is 14.9 Å². The van der Waals surface area contributed by atoms with Gasteiger partial charge in [0.25, 0.3) is 5.91 Å². The average molecular weight is 313 g/mol. The van der Waals surface area contributed by atoms with Gasteiger partial charge in [0.1, 0.15) is 12.1 Å². The molecule has 6 heteroatoms. The first-order chi connectivity index (χ1) is 11.2. The number of piperidine rings is 1. The lowest BCUT2D eigenvalue weighted by molar-refractivity contribution is 0.0381. The second-order valence-corrected chi connectivity index (χ2v) is 5.61. The molecule has 6 nitrogen and oxygen atoms in total. The maximum atomic E-state index is 12.4. The van der Waals surface area contributed by atoms with Crippen LogP contribution in [0.5, 0.6) is 5.75 Å². The van der Waals surface area contributed by atoms with Crippen LogP contribution in [0.2, 0.25) is 0 Å². The van der Waals surface area contributed by atoms with E-state index < -0.39 is 6.10 Å². The lowest BCUT2D eigenvalue weighted by Gasteiger charge is -2.36. The highest BCUT2D eigenvalue weighted by Crippen LogP contribution is 2.30. The van der Waals surface area contributed by atoms with Crippen LogP contribution in [0.25, 0.3) is 0 Å². The van der Waals surface area contributed by atoms with Gasteiger partial charge >= 0.3 is 0 Å². The number of carbonyl (C=O) groups is 1. The summed E-state index contributed by atoms with van der Waals surface area (Å²) in [4.78, 5) is 21.8. The molecule has 1 amide bonds. The Labute approximate surface area is 134 Å². The summed E-state index contributed by atoms with van der Waals surface area (Å²) in [6.07, 6.45) is 4.51. The molecule has 1 aliphatic heterocycles. The number of rotatable bonds is 3. The van der Waals surface area contributed by atoms with Crippen LogP contribution in [0.1, 0.15) is 28.3 Å². The Morgan fingerprint density at radius 3 is 2.57 bits per heavy atom. The number of benzene rings is 1. The normalized spacial score (nSPS) is 21.0. The number of aliphatic hydroxyl groups is 1. The highest BCUT2D eigenvalue weighted by atomic mass is 16.5. The molecular weight excluding hydrogens is 294 g/mol. The molecular formula is C17H19N3O3. The zero-order valence-electron chi connectivity index (χ0n) is 12.9. The van der Waals surface area contributed by atoms with E-state index in [0.717, 1.165) is 11.3 Å². The van der Waals surface area contributed by atoms with Gasteiger partial charge in [-0.3, -0.25) is 4.79 Å². The van der Waals surface area contributed by atoms with Crippen molar-refractivity contribution in [2.24, 2.45) is 0 Å². The Hall–Kier alpha value is -2.47. The monoisotopic (exact) mass is 313 g/mol. The summed E-state index contributed by atoms with van der Waals surface area (Å²) in [5.74, 6) is 0.676. The predicted molar refractivity (Wildman–Crippen MR) is 84.3 cm³/mol. The summed E-state index contributed by atoms with van der Waals surface area (Å²) in [6, 6.07) is 7.71. The van der Waals surface area contributed by atoms with Crippen LogP contribution in [0, 0.1) is 0 Å². The Bertz CT molecular complexity index is 661. The van der Waals surface area contributed by atoms with Crippen molar-refractivity contribution in [1.29, 1.82) is 0 Å².